The lowest BCUT2D eigenvalue weighted by Crippen LogP contribution is -2.57. The standard InChI is InChI=1S/C20H26N4O3/c1-4-17-22-18(27-24-17)15-9-8-13(2)16(12-15)21-19(26)20(23-14(3)25)10-6-5-7-11-20/h8-9,12H,4-7,10-11H2,1-3H3,(H,21,26)(H,23,25). The second-order valence-corrected chi connectivity index (χ2v) is 7.18. The van der Waals surface area contributed by atoms with E-state index in [1.165, 1.54) is 6.92 Å². The lowest BCUT2D eigenvalue weighted by molar-refractivity contribution is -0.130. The Hall–Kier alpha value is -2.70. The van der Waals surface area contributed by atoms with Gasteiger partial charge >= 0.3 is 0 Å². The molecule has 1 heterocycles. The van der Waals surface area contributed by atoms with E-state index in [1.54, 1.807) is 0 Å². The van der Waals surface area contributed by atoms with E-state index in [0.717, 1.165) is 30.4 Å². The monoisotopic (exact) mass is 370 g/mol. The van der Waals surface area contributed by atoms with Crippen LogP contribution in [-0.4, -0.2) is 27.5 Å². The van der Waals surface area contributed by atoms with E-state index in [9.17, 15) is 9.59 Å². The molecule has 0 radical (unpaired) electrons. The zero-order valence-corrected chi connectivity index (χ0v) is 16.1. The fourth-order valence-corrected chi connectivity index (χ4v) is 3.55. The summed E-state index contributed by atoms with van der Waals surface area (Å²) in [4.78, 5) is 29.1. The van der Waals surface area contributed by atoms with Crippen LogP contribution in [0, 0.1) is 6.92 Å². The number of nitrogens with zero attached hydrogens (tertiary/aromatic N) is 2. The highest BCUT2D eigenvalue weighted by Gasteiger charge is 2.40. The maximum atomic E-state index is 13.1. The van der Waals surface area contributed by atoms with Crippen LogP contribution in [0.5, 0.6) is 0 Å². The van der Waals surface area contributed by atoms with Gasteiger partial charge in [0.15, 0.2) is 5.82 Å². The van der Waals surface area contributed by atoms with Crippen molar-refractivity contribution in [1.82, 2.24) is 15.5 Å². The van der Waals surface area contributed by atoms with Gasteiger partial charge in [-0.1, -0.05) is 37.4 Å². The van der Waals surface area contributed by atoms with Gasteiger partial charge in [0.2, 0.25) is 11.8 Å². The molecule has 2 aromatic rings. The van der Waals surface area contributed by atoms with Gasteiger partial charge in [-0.15, -0.1) is 0 Å². The Balaban J connectivity index is 1.86. The van der Waals surface area contributed by atoms with Crippen molar-refractivity contribution in [2.24, 2.45) is 0 Å². The van der Waals surface area contributed by atoms with Gasteiger partial charge in [0.05, 0.1) is 0 Å². The van der Waals surface area contributed by atoms with E-state index >= 15 is 0 Å². The molecule has 1 saturated carbocycles. The summed E-state index contributed by atoms with van der Waals surface area (Å²) in [5, 5.41) is 9.83. The minimum absolute atomic E-state index is 0.169. The van der Waals surface area contributed by atoms with Crippen molar-refractivity contribution in [2.75, 3.05) is 5.32 Å². The third-order valence-corrected chi connectivity index (χ3v) is 5.07. The van der Waals surface area contributed by atoms with Gasteiger partial charge in [0.1, 0.15) is 5.54 Å². The van der Waals surface area contributed by atoms with Crippen molar-refractivity contribution in [1.29, 1.82) is 0 Å². The highest BCUT2D eigenvalue weighted by atomic mass is 16.5. The Labute approximate surface area is 158 Å². The minimum Gasteiger partial charge on any atom is -0.342 e. The van der Waals surface area contributed by atoms with E-state index in [0.29, 0.717) is 36.7 Å². The zero-order valence-electron chi connectivity index (χ0n) is 16.1. The number of rotatable bonds is 5. The van der Waals surface area contributed by atoms with Crippen LogP contribution in [0.3, 0.4) is 0 Å². The fraction of sp³-hybridized carbons (Fsp3) is 0.500. The maximum absolute atomic E-state index is 13.1. The summed E-state index contributed by atoms with van der Waals surface area (Å²) < 4.78 is 5.30. The fourth-order valence-electron chi connectivity index (χ4n) is 3.55. The van der Waals surface area contributed by atoms with Gasteiger partial charge in [-0.05, 0) is 37.5 Å². The van der Waals surface area contributed by atoms with Crippen molar-refractivity contribution in [3.63, 3.8) is 0 Å². The maximum Gasteiger partial charge on any atom is 0.257 e. The topological polar surface area (TPSA) is 97.1 Å². The molecule has 0 saturated heterocycles. The molecule has 1 aliphatic rings. The van der Waals surface area contributed by atoms with Crippen LogP contribution >= 0.6 is 0 Å². The highest BCUT2D eigenvalue weighted by molar-refractivity contribution is 6.01. The SMILES string of the molecule is CCc1noc(-c2ccc(C)c(NC(=O)C3(NC(C)=O)CCCCC3)c2)n1. The molecule has 7 nitrogen and oxygen atoms in total. The third-order valence-electron chi connectivity index (χ3n) is 5.07. The molecule has 0 bridgehead atoms. The molecule has 144 valence electrons. The van der Waals surface area contributed by atoms with Crippen LogP contribution < -0.4 is 10.6 Å². The van der Waals surface area contributed by atoms with Gasteiger partial charge in [-0.2, -0.15) is 4.98 Å². The molecule has 1 fully saturated rings. The predicted octanol–water partition coefficient (Wildman–Crippen LogP) is 3.38. The van der Waals surface area contributed by atoms with Crippen molar-refractivity contribution in [2.45, 2.75) is 64.8 Å². The molecule has 0 spiro atoms. The molecule has 0 aliphatic heterocycles. The molecule has 3 rings (SSSR count). The van der Waals surface area contributed by atoms with Crippen LogP contribution in [0.2, 0.25) is 0 Å². The molecule has 1 aromatic carbocycles. The molecule has 7 heteroatoms. The molecule has 27 heavy (non-hydrogen) atoms. The van der Waals surface area contributed by atoms with Crippen molar-refractivity contribution in [3.05, 3.63) is 29.6 Å². The van der Waals surface area contributed by atoms with Crippen LogP contribution in [0.25, 0.3) is 11.5 Å². The number of hydrogen-bond donors (Lipinski definition) is 2. The zero-order chi connectivity index (χ0) is 19.4. The average Bonchev–Trinajstić information content (AvgIpc) is 3.13. The quantitative estimate of drug-likeness (QED) is 0.841. The largest absolute Gasteiger partial charge is 0.342 e. The van der Waals surface area contributed by atoms with Crippen molar-refractivity contribution >= 4 is 17.5 Å². The van der Waals surface area contributed by atoms with Gasteiger partial charge in [0, 0.05) is 24.6 Å². The second-order valence-electron chi connectivity index (χ2n) is 7.18. The summed E-state index contributed by atoms with van der Waals surface area (Å²) >= 11 is 0. The number of carbonyl (C=O) groups is 2. The van der Waals surface area contributed by atoms with Gasteiger partial charge < -0.3 is 15.2 Å². The number of amides is 2. The van der Waals surface area contributed by atoms with Gasteiger partial charge in [-0.3, -0.25) is 9.59 Å². The first-order chi connectivity index (χ1) is 12.9. The number of anilines is 1. The molecule has 0 atom stereocenters. The van der Waals surface area contributed by atoms with Gasteiger partial charge in [-0.25, -0.2) is 0 Å². The molecular formula is C20H26N4O3. The molecule has 2 N–H and O–H groups in total. The van der Waals surface area contributed by atoms with Crippen LogP contribution in [-0.2, 0) is 16.0 Å². The molecule has 1 aromatic heterocycles. The van der Waals surface area contributed by atoms with Crippen LogP contribution in [0.15, 0.2) is 22.7 Å². The van der Waals surface area contributed by atoms with Gasteiger partial charge in [0.25, 0.3) is 5.89 Å². The summed E-state index contributed by atoms with van der Waals surface area (Å²) in [7, 11) is 0. The summed E-state index contributed by atoms with van der Waals surface area (Å²) in [6, 6.07) is 5.64. The lowest BCUT2D eigenvalue weighted by atomic mass is 9.80. The second kappa shape index (κ2) is 7.90. The van der Waals surface area contributed by atoms with Crippen LogP contribution in [0.4, 0.5) is 5.69 Å². The number of carbonyl (C=O) groups excluding carboxylic acids is 2. The summed E-state index contributed by atoms with van der Waals surface area (Å²) in [6.07, 6.45) is 4.93. The normalized spacial score (nSPS) is 16.0. The molecule has 2 amide bonds. The first-order valence-electron chi connectivity index (χ1n) is 9.47. The number of nitrogens with one attached hydrogen (secondary N) is 2. The first-order valence-corrected chi connectivity index (χ1v) is 9.47. The predicted molar refractivity (Wildman–Crippen MR) is 102 cm³/mol. The number of benzene rings is 1. The number of hydrogen-bond acceptors (Lipinski definition) is 5. The first kappa shape index (κ1) is 19.1. The third kappa shape index (κ3) is 4.18. The molecule has 1 aliphatic carbocycles. The highest BCUT2D eigenvalue weighted by Crippen LogP contribution is 2.31. The van der Waals surface area contributed by atoms with E-state index in [1.807, 2.05) is 32.0 Å². The lowest BCUT2D eigenvalue weighted by Gasteiger charge is -2.36. The smallest absolute Gasteiger partial charge is 0.257 e. The van der Waals surface area contributed by atoms with E-state index in [4.69, 9.17) is 4.52 Å². The molecular weight excluding hydrogens is 344 g/mol. The Morgan fingerprint density at radius 3 is 2.59 bits per heavy atom. The number of aromatic nitrogens is 2. The van der Waals surface area contributed by atoms with E-state index in [-0.39, 0.29) is 11.8 Å². The van der Waals surface area contributed by atoms with Crippen molar-refractivity contribution in [3.8, 4) is 11.5 Å². The summed E-state index contributed by atoms with van der Waals surface area (Å²) in [5.41, 5.74) is 1.52. The van der Waals surface area contributed by atoms with Crippen LogP contribution in [0.1, 0.15) is 57.3 Å². The Morgan fingerprint density at radius 2 is 1.96 bits per heavy atom. The van der Waals surface area contributed by atoms with E-state index < -0.39 is 5.54 Å². The Kier molecular flexibility index (Phi) is 5.58. The number of aryl methyl sites for hydroxylation is 2. The Morgan fingerprint density at radius 1 is 1.22 bits per heavy atom. The Bertz CT molecular complexity index is 838. The average molecular weight is 370 g/mol. The summed E-state index contributed by atoms with van der Waals surface area (Å²) in [6.45, 7) is 5.34. The van der Waals surface area contributed by atoms with E-state index in [2.05, 4.69) is 20.8 Å². The summed E-state index contributed by atoms with van der Waals surface area (Å²) in [5.74, 6) is 0.715. The molecule has 0 unspecified atom stereocenters. The minimum atomic E-state index is -0.841. The van der Waals surface area contributed by atoms with Crippen molar-refractivity contribution < 1.29 is 14.1 Å².